The van der Waals surface area contributed by atoms with Crippen LogP contribution in [0.2, 0.25) is 0 Å². The van der Waals surface area contributed by atoms with Crippen LogP contribution in [-0.2, 0) is 11.8 Å². The summed E-state index contributed by atoms with van der Waals surface area (Å²) in [5.41, 5.74) is 5.95. The van der Waals surface area contributed by atoms with E-state index in [2.05, 4.69) is 22.0 Å². The third-order valence-corrected chi connectivity index (χ3v) is 6.72. The van der Waals surface area contributed by atoms with E-state index < -0.39 is 0 Å². The molecule has 0 aromatic carbocycles. The lowest BCUT2D eigenvalue weighted by Crippen LogP contribution is -2.34. The van der Waals surface area contributed by atoms with E-state index in [1.165, 1.54) is 0 Å². The minimum Gasteiger partial charge on any atom is -0.450 e. The number of aromatic nitrogens is 6. The maximum absolute atomic E-state index is 13.6. The van der Waals surface area contributed by atoms with E-state index in [0.717, 1.165) is 41.8 Å². The van der Waals surface area contributed by atoms with Crippen LogP contribution in [-0.4, -0.2) is 42.0 Å². The van der Waals surface area contributed by atoms with Crippen molar-refractivity contribution < 1.29 is 9.15 Å². The average Bonchev–Trinajstić information content (AvgIpc) is 3.47. The zero-order chi connectivity index (χ0) is 24.1. The Bertz CT molecular complexity index is 1600. The molecular formula is C26H26N6O3. The van der Waals surface area contributed by atoms with Gasteiger partial charge < -0.3 is 9.15 Å². The summed E-state index contributed by atoms with van der Waals surface area (Å²) in [6.07, 6.45) is 7.81. The lowest BCUT2D eigenvalue weighted by Gasteiger charge is -2.30. The number of rotatable bonds is 4. The number of fused-ring (bicyclic) bond motifs is 3. The number of pyridine rings is 2. The molecule has 1 saturated heterocycles. The summed E-state index contributed by atoms with van der Waals surface area (Å²) in [6, 6.07) is 7.73. The summed E-state index contributed by atoms with van der Waals surface area (Å²) >= 11 is 0. The van der Waals surface area contributed by atoms with Gasteiger partial charge in [0.05, 0.1) is 18.0 Å². The molecule has 1 aliphatic rings. The van der Waals surface area contributed by atoms with Crippen LogP contribution in [0.5, 0.6) is 0 Å². The van der Waals surface area contributed by atoms with Crippen LogP contribution in [0, 0.1) is 6.92 Å². The molecule has 1 fully saturated rings. The molecule has 0 saturated carbocycles. The van der Waals surface area contributed by atoms with Crippen LogP contribution in [0.3, 0.4) is 0 Å². The number of ether oxygens (including phenoxy) is 1. The second-order valence-electron chi connectivity index (χ2n) is 9.11. The number of nitrogens with zero attached hydrogens (tertiary/aromatic N) is 6. The number of furan rings is 1. The predicted molar refractivity (Wildman–Crippen MR) is 132 cm³/mol. The van der Waals surface area contributed by atoms with Crippen molar-refractivity contribution >= 4 is 22.2 Å². The largest absolute Gasteiger partial charge is 0.450 e. The molecule has 1 aliphatic heterocycles. The quantitative estimate of drug-likeness (QED) is 0.383. The molecule has 6 rings (SSSR count). The Morgan fingerprint density at radius 2 is 2.00 bits per heavy atom. The number of aryl methyl sites for hydroxylation is 2. The van der Waals surface area contributed by atoms with E-state index in [9.17, 15) is 4.79 Å². The topological polar surface area (TPSA) is 101 Å². The van der Waals surface area contributed by atoms with E-state index in [4.69, 9.17) is 14.1 Å². The Kier molecular flexibility index (Phi) is 5.21. The monoisotopic (exact) mass is 470 g/mol. The molecule has 0 radical (unpaired) electrons. The summed E-state index contributed by atoms with van der Waals surface area (Å²) in [6.45, 7) is 4.66. The van der Waals surface area contributed by atoms with Gasteiger partial charge in [0.1, 0.15) is 16.7 Å². The maximum atomic E-state index is 13.6. The van der Waals surface area contributed by atoms with E-state index in [1.54, 1.807) is 15.4 Å². The van der Waals surface area contributed by atoms with Gasteiger partial charge in [0.2, 0.25) is 0 Å². The first-order valence-electron chi connectivity index (χ1n) is 11.9. The standard InChI is InChI=1S/C26H26N6O3/c1-4-19-11-18(9-10-34-19)32-24-23-21(8-7-20(29-23)16-6-5-15(2)27-12-16)35-25(24)22(30-26(32)33)17-13-28-31(3)14-17/h5-8,12-14,18-19H,4,9-11H2,1-3H3. The third-order valence-electron chi connectivity index (χ3n) is 6.72. The first kappa shape index (κ1) is 21.7. The Morgan fingerprint density at radius 1 is 1.11 bits per heavy atom. The molecule has 0 aliphatic carbocycles. The predicted octanol–water partition coefficient (Wildman–Crippen LogP) is 4.44. The summed E-state index contributed by atoms with van der Waals surface area (Å²) in [7, 11) is 1.83. The Hall–Kier alpha value is -3.85. The van der Waals surface area contributed by atoms with Crippen LogP contribution in [0.15, 0.2) is 52.1 Å². The fourth-order valence-corrected chi connectivity index (χ4v) is 4.88. The number of hydrogen-bond donors (Lipinski definition) is 0. The summed E-state index contributed by atoms with van der Waals surface area (Å²) < 4.78 is 15.7. The van der Waals surface area contributed by atoms with Crippen LogP contribution < -0.4 is 5.69 Å². The van der Waals surface area contributed by atoms with Gasteiger partial charge in [-0.2, -0.15) is 10.1 Å². The molecule has 2 unspecified atom stereocenters. The van der Waals surface area contributed by atoms with E-state index >= 15 is 0 Å². The molecule has 178 valence electrons. The zero-order valence-corrected chi connectivity index (χ0v) is 19.9. The second kappa shape index (κ2) is 8.42. The highest BCUT2D eigenvalue weighted by Crippen LogP contribution is 2.37. The van der Waals surface area contributed by atoms with Gasteiger partial charge in [-0.05, 0) is 50.5 Å². The van der Waals surface area contributed by atoms with E-state index in [-0.39, 0.29) is 17.8 Å². The van der Waals surface area contributed by atoms with Crippen LogP contribution >= 0.6 is 0 Å². The van der Waals surface area contributed by atoms with Crippen molar-refractivity contribution in [1.29, 1.82) is 0 Å². The lowest BCUT2D eigenvalue weighted by atomic mass is 10.0. The van der Waals surface area contributed by atoms with Crippen molar-refractivity contribution in [2.24, 2.45) is 7.05 Å². The fourth-order valence-electron chi connectivity index (χ4n) is 4.88. The second-order valence-corrected chi connectivity index (χ2v) is 9.11. The molecule has 9 nitrogen and oxygen atoms in total. The molecule has 0 N–H and O–H groups in total. The molecule has 5 aromatic heterocycles. The minimum absolute atomic E-state index is 0.0496. The first-order valence-corrected chi connectivity index (χ1v) is 11.9. The number of hydrogen-bond acceptors (Lipinski definition) is 7. The van der Waals surface area contributed by atoms with Gasteiger partial charge in [0, 0.05) is 48.9 Å². The van der Waals surface area contributed by atoms with E-state index in [0.29, 0.717) is 34.5 Å². The third kappa shape index (κ3) is 3.72. The van der Waals surface area contributed by atoms with E-state index in [1.807, 2.05) is 50.6 Å². The Balaban J connectivity index is 1.64. The molecule has 2 atom stereocenters. The highest BCUT2D eigenvalue weighted by atomic mass is 16.5. The van der Waals surface area contributed by atoms with Crippen molar-refractivity contribution in [3.63, 3.8) is 0 Å². The van der Waals surface area contributed by atoms with Crippen molar-refractivity contribution in [3.8, 4) is 22.5 Å². The van der Waals surface area contributed by atoms with Gasteiger partial charge in [-0.1, -0.05) is 6.92 Å². The Morgan fingerprint density at radius 3 is 2.74 bits per heavy atom. The highest BCUT2D eigenvalue weighted by molar-refractivity contribution is 6.05. The molecule has 35 heavy (non-hydrogen) atoms. The minimum atomic E-state index is -0.315. The van der Waals surface area contributed by atoms with Gasteiger partial charge in [0.15, 0.2) is 11.2 Å². The van der Waals surface area contributed by atoms with Gasteiger partial charge in [0.25, 0.3) is 0 Å². The Labute approximate surface area is 201 Å². The maximum Gasteiger partial charge on any atom is 0.349 e. The summed E-state index contributed by atoms with van der Waals surface area (Å²) in [5, 5.41) is 4.26. The van der Waals surface area contributed by atoms with Crippen molar-refractivity contribution in [1.82, 2.24) is 29.3 Å². The molecular weight excluding hydrogens is 444 g/mol. The van der Waals surface area contributed by atoms with Crippen LogP contribution in [0.4, 0.5) is 0 Å². The van der Waals surface area contributed by atoms with Gasteiger partial charge >= 0.3 is 5.69 Å². The van der Waals surface area contributed by atoms with Gasteiger partial charge in [-0.25, -0.2) is 9.78 Å². The highest BCUT2D eigenvalue weighted by Gasteiger charge is 2.29. The zero-order valence-electron chi connectivity index (χ0n) is 19.9. The average molecular weight is 471 g/mol. The summed E-state index contributed by atoms with van der Waals surface area (Å²) in [4.78, 5) is 27.4. The van der Waals surface area contributed by atoms with Gasteiger partial charge in [-0.3, -0.25) is 14.2 Å². The van der Waals surface area contributed by atoms with Gasteiger partial charge in [-0.15, -0.1) is 0 Å². The fraction of sp³-hybridized carbons (Fsp3) is 0.346. The first-order chi connectivity index (χ1) is 17.0. The molecule has 5 aromatic rings. The molecule has 6 heterocycles. The summed E-state index contributed by atoms with van der Waals surface area (Å²) in [5.74, 6) is 0. The lowest BCUT2D eigenvalue weighted by molar-refractivity contribution is -0.00710. The van der Waals surface area contributed by atoms with Crippen molar-refractivity contribution in [2.75, 3.05) is 6.61 Å². The smallest absolute Gasteiger partial charge is 0.349 e. The van der Waals surface area contributed by atoms with Crippen LogP contribution in [0.25, 0.3) is 44.7 Å². The van der Waals surface area contributed by atoms with Crippen molar-refractivity contribution in [3.05, 3.63) is 59.0 Å². The van der Waals surface area contributed by atoms with Crippen molar-refractivity contribution in [2.45, 2.75) is 45.3 Å². The molecule has 0 amide bonds. The molecule has 9 heteroatoms. The van der Waals surface area contributed by atoms with Crippen LogP contribution in [0.1, 0.15) is 37.9 Å². The molecule has 0 spiro atoms. The molecule has 0 bridgehead atoms. The SMILES string of the molecule is CCC1CC(n2c(=O)nc(-c3cnn(C)c3)c3oc4ccc(-c5ccc(C)nc5)nc4c32)CCO1. The normalized spacial score (nSPS) is 18.5.